The second-order valence-electron chi connectivity index (χ2n) is 35.3. The molecule has 27 N–H and O–H groups in total. The number of carbonyl (C=O) groups is 16. The molecule has 5 heterocycles. The normalized spacial score (nSPS) is 18.4. The molecule has 0 aliphatic carbocycles. The van der Waals surface area contributed by atoms with Crippen LogP contribution in [0.15, 0.2) is 73.3 Å². The third-order valence-corrected chi connectivity index (χ3v) is 23.9. The molecule has 0 unspecified atom stereocenters. The Kier molecular flexibility index (Phi) is 54.3. The summed E-state index contributed by atoms with van der Waals surface area (Å²) >= 11 is 0. The maximum atomic E-state index is 15.4. The largest absolute Gasteiger partial charge is 0.394 e. The number of hydrogen-bond donors (Lipinski definition) is 24. The number of unbranched alkanes of at least 4 members (excludes halogenated alkanes) is 13. The lowest BCUT2D eigenvalue weighted by molar-refractivity contribution is -0.143. The van der Waals surface area contributed by atoms with Gasteiger partial charge in [0.15, 0.2) is 5.96 Å². The van der Waals surface area contributed by atoms with Crippen LogP contribution in [0.25, 0.3) is 10.9 Å². The highest BCUT2D eigenvalue weighted by atomic mass is 16.5. The van der Waals surface area contributed by atoms with Gasteiger partial charge in [-0.2, -0.15) is 0 Å². The molecule has 2 aliphatic heterocycles. The summed E-state index contributed by atoms with van der Waals surface area (Å²) in [6, 6.07) is -2.12. The SMILES string of the molecule is CCCC[C@H](NC(=O)[C@H](Cc1c[nH]cn1)NC(=O)[C@H](CO)NC(=O)[C@@H](CCC(N)=O)NC(=O)[C@H](CO)NC(=O)COCCOCCNC(=O)COCCOCCNC(=O)CCCCCCCCCCCCCCCc1nnn[nH]1)C(=O)N[C@H]1CCC(=O)NCCCC[C@@H](C(N)=O)NC(=O)[C@H](Cc2c[nH]c3ccccc23)NC(=O)[C@H](CCCNC(=N)N)NC(=O)[C@@H](Cc2ccccc2)NC(=O)[C@@H]2C[C@@H](O)CN2C1=O. The Morgan fingerprint density at radius 1 is 0.559 bits per heavy atom. The predicted molar refractivity (Wildman–Crippen MR) is 518 cm³/mol. The van der Waals surface area contributed by atoms with Crippen LogP contribution in [0.4, 0.5) is 0 Å². The van der Waals surface area contributed by atoms with Crippen LogP contribution in [0.5, 0.6) is 0 Å². The van der Waals surface area contributed by atoms with Crippen molar-refractivity contribution in [1.82, 2.24) is 115 Å². The molecule has 5 aromatic rings. The van der Waals surface area contributed by atoms with E-state index >= 15 is 19.2 Å². The summed E-state index contributed by atoms with van der Waals surface area (Å²) in [5.41, 5.74) is 18.9. The molecule has 0 spiro atoms. The third-order valence-electron chi connectivity index (χ3n) is 23.9. The minimum absolute atomic E-state index is 0.0215. The smallest absolute Gasteiger partial charge is 0.246 e. The summed E-state index contributed by atoms with van der Waals surface area (Å²) in [6.45, 7) is -0.817. The lowest BCUT2D eigenvalue weighted by Crippen LogP contribution is -2.61. The molecule has 0 bridgehead atoms. The number of imidazole rings is 1. The van der Waals surface area contributed by atoms with Crippen molar-refractivity contribution in [2.24, 2.45) is 17.2 Å². The van der Waals surface area contributed by atoms with E-state index in [9.17, 15) is 72.9 Å². The van der Waals surface area contributed by atoms with Crippen molar-refractivity contribution in [2.75, 3.05) is 98.8 Å². The Balaban J connectivity index is 0.903. The van der Waals surface area contributed by atoms with Gasteiger partial charge in [-0.1, -0.05) is 139 Å². The Morgan fingerprint density at radius 2 is 1.13 bits per heavy atom. The molecule has 143 heavy (non-hydrogen) atoms. The zero-order chi connectivity index (χ0) is 103. The molecule has 3 aromatic heterocycles. The number of primary amides is 2. The van der Waals surface area contributed by atoms with E-state index in [1.54, 1.807) is 61.7 Å². The first-order valence-corrected chi connectivity index (χ1v) is 49.3. The zero-order valence-electron chi connectivity index (χ0n) is 81.4. The number of aromatic nitrogens is 7. The van der Waals surface area contributed by atoms with Crippen LogP contribution in [-0.4, -0.2) is 328 Å². The summed E-state index contributed by atoms with van der Waals surface area (Å²) in [6.07, 6.45) is 17.1. The number of fused-ring (bicyclic) bond motifs is 2. The van der Waals surface area contributed by atoms with Gasteiger partial charge in [0.25, 0.3) is 0 Å². The number of carbonyl (C=O) groups excluding carboxylic acids is 16. The predicted octanol–water partition coefficient (Wildman–Crippen LogP) is -3.49. The minimum Gasteiger partial charge on any atom is -0.394 e. The third kappa shape index (κ3) is 45.3. The molecule has 0 saturated carbocycles. The molecule has 0 radical (unpaired) electrons. The number of ether oxygens (including phenoxy) is 4. The highest BCUT2D eigenvalue weighted by molar-refractivity contribution is 6.00. The Labute approximate surface area is 829 Å². The van der Waals surface area contributed by atoms with Gasteiger partial charge >= 0.3 is 0 Å². The topological polar surface area (TPSA) is 743 Å². The number of hydrogen-bond acceptors (Lipinski definition) is 28. The van der Waals surface area contributed by atoms with Gasteiger partial charge in [-0.3, -0.25) is 82.1 Å². The first-order valence-electron chi connectivity index (χ1n) is 49.3. The van der Waals surface area contributed by atoms with Crippen molar-refractivity contribution in [3.05, 3.63) is 96.0 Å². The number of rotatable bonds is 62. The number of amides is 16. The van der Waals surface area contributed by atoms with E-state index in [4.69, 9.17) is 41.6 Å². The molecular weight excluding hydrogens is 1860 g/mol. The van der Waals surface area contributed by atoms with Gasteiger partial charge in [0, 0.05) is 107 Å². The Bertz CT molecular complexity index is 4790. The van der Waals surface area contributed by atoms with Crippen LogP contribution in [0.2, 0.25) is 0 Å². The monoisotopic (exact) mass is 2010 g/mol. The molecule has 2 aromatic carbocycles. The van der Waals surface area contributed by atoms with Crippen molar-refractivity contribution in [3.63, 3.8) is 0 Å². The number of tetrazole rings is 1. The maximum absolute atomic E-state index is 15.4. The fourth-order valence-corrected chi connectivity index (χ4v) is 16.1. The van der Waals surface area contributed by atoms with Crippen molar-refractivity contribution in [2.45, 2.75) is 279 Å². The Morgan fingerprint density at radius 3 is 1.77 bits per heavy atom. The van der Waals surface area contributed by atoms with E-state index < -0.39 is 226 Å². The number of aromatic amines is 3. The average molecular weight is 2010 g/mol. The molecule has 2 aliphatic rings. The second-order valence-corrected chi connectivity index (χ2v) is 35.3. The molecule has 790 valence electrons. The lowest BCUT2D eigenvalue weighted by atomic mass is 10.0. The molecule has 16 amide bonds. The molecule has 2 fully saturated rings. The van der Waals surface area contributed by atoms with Crippen LogP contribution in [-0.2, 0) is 121 Å². The second kappa shape index (κ2) is 66.5. The number of aliphatic hydroxyl groups excluding tert-OH is 3. The maximum Gasteiger partial charge on any atom is 0.246 e. The number of H-pyrrole nitrogens is 3. The zero-order valence-corrected chi connectivity index (χ0v) is 81.4. The van der Waals surface area contributed by atoms with Gasteiger partial charge in [0.2, 0.25) is 94.5 Å². The number of nitrogens with one attached hydrogen (secondary N) is 18. The first kappa shape index (κ1) is 117. The van der Waals surface area contributed by atoms with Gasteiger partial charge in [0.1, 0.15) is 85.5 Å². The summed E-state index contributed by atoms with van der Waals surface area (Å²) in [7, 11) is 0. The standard InChI is InChI=1S/C94H146N26O23/c1-2-3-28-67(84(130)111-70-35-37-80(126)100-38-23-22-30-66(83(96)129)107-88(134)72(49-61-52-104-65-29-21-20-27-64(61)65)112-85(131)68(31-24-39-103-94(97)98)109-87(133)71(48-60-25-16-15-17-26-60)114-92(138)76-51-63(123)54-120(76)93(70)139)108-89(135)73(50-62-53-99-59-105-62)113-91(137)75(56-122)115-86(132)69(34-36-77(95)124)110-90(136)74(55-121)106-82(128)58-143-47-45-141-43-41-102-81(127)57-142-46-44-140-42-40-101-79(125)33-19-14-12-10-8-6-4-5-7-9-11-13-18-32-78-116-118-119-117-78/h15-17,20-21,25-27,29,52-53,59,63,66-76,104,121-123H,2-14,18-19,22-24,28,30-51,54-58H2,1H3,(H2,95,124)(H2,96,129)(H,99,105)(H,100,126)(H,101,125)(H,102,127)(H,106,128)(H,107,134)(H,108,135)(H,109,133)(H,110,136)(H,111,130)(H,112,131)(H,113,137)(H,114,138)(H,115,132)(H4,97,98,103)(H,116,117,118,119)/t63-,66+,67+,68+,69-,70+,71-,72+,73+,74+,75+,76+/m1/s1. The summed E-state index contributed by atoms with van der Waals surface area (Å²) in [5, 5.41) is 91.1. The van der Waals surface area contributed by atoms with Crippen LogP contribution in [0.1, 0.15) is 203 Å². The number of nitrogens with zero attached hydrogens (tertiary/aromatic N) is 5. The molecular formula is C94H146N26O23. The summed E-state index contributed by atoms with van der Waals surface area (Å²) < 4.78 is 21.7. The number of nitrogens with two attached hydrogens (primary N) is 3. The lowest BCUT2D eigenvalue weighted by Gasteiger charge is -2.31. The van der Waals surface area contributed by atoms with E-state index in [1.165, 1.54) is 70.3 Å². The minimum atomic E-state index is -1.94. The summed E-state index contributed by atoms with van der Waals surface area (Å²) in [5.74, 6) is -13.6. The number of aryl methyl sites for hydroxylation is 1. The first-order chi connectivity index (χ1) is 69.0. The fraction of sp³-hybridized carbons (Fsp3) is 0.628. The van der Waals surface area contributed by atoms with Gasteiger partial charge in [-0.05, 0) is 91.8 Å². The number of guanidine groups is 1. The van der Waals surface area contributed by atoms with E-state index in [-0.39, 0.29) is 141 Å². The summed E-state index contributed by atoms with van der Waals surface area (Å²) in [4.78, 5) is 235. The van der Waals surface area contributed by atoms with Gasteiger partial charge in [-0.25, -0.2) is 10.1 Å². The van der Waals surface area contributed by atoms with E-state index in [1.807, 2.05) is 6.07 Å². The number of para-hydroxylation sites is 1. The van der Waals surface area contributed by atoms with Gasteiger partial charge in [0.05, 0.1) is 71.0 Å². The van der Waals surface area contributed by atoms with Crippen molar-refractivity contribution in [1.29, 1.82) is 5.41 Å². The van der Waals surface area contributed by atoms with Crippen LogP contribution < -0.4 is 91.6 Å². The van der Waals surface area contributed by atoms with Crippen LogP contribution in [0.3, 0.4) is 0 Å². The van der Waals surface area contributed by atoms with E-state index in [0.29, 0.717) is 41.4 Å². The number of benzene rings is 2. The number of aliphatic hydroxyl groups is 3. The van der Waals surface area contributed by atoms with Gasteiger partial charge < -0.3 is 141 Å². The Hall–Kier alpha value is -13.2. The highest BCUT2D eigenvalue weighted by Gasteiger charge is 2.44. The molecule has 7 rings (SSSR count). The molecule has 2 saturated heterocycles. The van der Waals surface area contributed by atoms with Crippen molar-refractivity contribution in [3.8, 4) is 0 Å². The molecule has 49 heteroatoms. The van der Waals surface area contributed by atoms with Crippen LogP contribution in [0, 0.1) is 5.41 Å². The molecule has 49 nitrogen and oxygen atoms in total. The van der Waals surface area contributed by atoms with Gasteiger partial charge in [-0.15, -0.1) is 5.10 Å². The quantitative estimate of drug-likeness (QED) is 0.0102. The molecule has 12 atom stereocenters. The van der Waals surface area contributed by atoms with Crippen LogP contribution >= 0.6 is 0 Å². The highest BCUT2D eigenvalue weighted by Crippen LogP contribution is 2.24. The fourth-order valence-electron chi connectivity index (χ4n) is 16.1. The van der Waals surface area contributed by atoms with E-state index in [2.05, 4.69) is 110 Å². The van der Waals surface area contributed by atoms with Crippen molar-refractivity contribution < 1.29 is 111 Å². The van der Waals surface area contributed by atoms with E-state index in [0.717, 1.165) is 42.8 Å². The average Bonchev–Trinajstić information content (AvgIpc) is 1.67. The van der Waals surface area contributed by atoms with Crippen molar-refractivity contribution >= 4 is 111 Å².